The molecule has 1 heterocycles. The van der Waals surface area contributed by atoms with Crippen LogP contribution in [0.3, 0.4) is 0 Å². The van der Waals surface area contributed by atoms with Crippen molar-refractivity contribution < 1.29 is 29.3 Å². The predicted octanol–water partition coefficient (Wildman–Crippen LogP) is 4.30. The van der Waals surface area contributed by atoms with Crippen molar-refractivity contribution in [2.24, 2.45) is 0 Å². The molecule has 1 rings (SSSR count). The maximum atomic E-state index is 11.6. The summed E-state index contributed by atoms with van der Waals surface area (Å²) in [6, 6.07) is 0. The lowest BCUT2D eigenvalue weighted by atomic mass is 10.1. The number of aliphatic hydroxyl groups is 2. The lowest BCUT2D eigenvalue weighted by molar-refractivity contribution is -0.144. The fraction of sp³-hybridized carbons (Fsp3) is 0.909. The first kappa shape index (κ1) is 26.9. The van der Waals surface area contributed by atoms with Crippen molar-refractivity contribution in [1.82, 2.24) is 0 Å². The first-order chi connectivity index (χ1) is 13.7. The molecular weight excluding hydrogens is 360 g/mol. The number of cyclic esters (lactones) is 2. The molecule has 0 atom stereocenters. The molecule has 1 fully saturated rings. The standard InChI is InChI=1S/C20H36O4.C2H6O2/c21-19-15-11-7-3-4-8-12-16-20(22)24-18-14-10-6-2-1-5-9-13-17-23-19;3-1-2-4/h1-18H2;3-4H,1-2H2. The molecule has 6 nitrogen and oxygen atoms in total. The first-order valence-corrected chi connectivity index (χ1v) is 11.2. The summed E-state index contributed by atoms with van der Waals surface area (Å²) in [7, 11) is 0. The normalized spacial score (nSPS) is 20.4. The maximum absolute atomic E-state index is 11.6. The summed E-state index contributed by atoms with van der Waals surface area (Å²) < 4.78 is 10.6. The molecule has 0 aromatic carbocycles. The Bertz CT molecular complexity index is 325. The highest BCUT2D eigenvalue weighted by Crippen LogP contribution is 2.12. The third-order valence-corrected chi connectivity index (χ3v) is 4.68. The Morgan fingerprint density at radius 1 is 0.500 bits per heavy atom. The van der Waals surface area contributed by atoms with Gasteiger partial charge >= 0.3 is 11.9 Å². The average molecular weight is 403 g/mol. The fourth-order valence-corrected chi connectivity index (χ4v) is 3.03. The zero-order valence-electron chi connectivity index (χ0n) is 17.7. The minimum atomic E-state index is -0.125. The number of carbonyl (C=O) groups excluding carboxylic acids is 2. The van der Waals surface area contributed by atoms with Crippen LogP contribution >= 0.6 is 0 Å². The van der Waals surface area contributed by atoms with Crippen molar-refractivity contribution in [1.29, 1.82) is 0 Å². The van der Waals surface area contributed by atoms with E-state index in [0.29, 0.717) is 26.1 Å². The second-order valence-corrected chi connectivity index (χ2v) is 7.34. The molecule has 0 aromatic rings. The van der Waals surface area contributed by atoms with E-state index in [1.807, 2.05) is 0 Å². The molecule has 1 aliphatic heterocycles. The molecule has 0 saturated carbocycles. The third-order valence-electron chi connectivity index (χ3n) is 4.68. The van der Waals surface area contributed by atoms with Crippen LogP contribution in [-0.4, -0.2) is 48.6 Å². The molecule has 0 radical (unpaired) electrons. The molecule has 1 saturated heterocycles. The van der Waals surface area contributed by atoms with Crippen LogP contribution in [0.2, 0.25) is 0 Å². The quantitative estimate of drug-likeness (QED) is 0.635. The second-order valence-electron chi connectivity index (χ2n) is 7.34. The molecule has 0 unspecified atom stereocenters. The van der Waals surface area contributed by atoms with Crippen LogP contribution in [0.5, 0.6) is 0 Å². The smallest absolute Gasteiger partial charge is 0.305 e. The van der Waals surface area contributed by atoms with Crippen LogP contribution in [0.1, 0.15) is 103 Å². The number of hydrogen-bond acceptors (Lipinski definition) is 6. The number of carbonyl (C=O) groups is 2. The van der Waals surface area contributed by atoms with Gasteiger partial charge in [0, 0.05) is 12.8 Å². The Morgan fingerprint density at radius 3 is 1.11 bits per heavy atom. The SMILES string of the molecule is O=C1CCCCCCCCC(=O)OCCCCCCCCCCO1.OCCO. The molecule has 1 aliphatic rings. The summed E-state index contributed by atoms with van der Waals surface area (Å²) in [6.45, 7) is 0.925. The average Bonchev–Trinajstić information content (AvgIpc) is 2.70. The minimum Gasteiger partial charge on any atom is -0.466 e. The molecule has 0 amide bonds. The summed E-state index contributed by atoms with van der Waals surface area (Å²) in [5.74, 6) is -0.0835. The molecule has 0 spiro atoms. The molecule has 2 N–H and O–H groups in total. The monoisotopic (exact) mass is 402 g/mol. The fourth-order valence-electron chi connectivity index (χ4n) is 3.03. The summed E-state index contributed by atoms with van der Waals surface area (Å²) in [5.41, 5.74) is 0. The van der Waals surface area contributed by atoms with E-state index in [9.17, 15) is 9.59 Å². The van der Waals surface area contributed by atoms with Gasteiger partial charge in [0.15, 0.2) is 0 Å². The number of rotatable bonds is 1. The largest absolute Gasteiger partial charge is 0.466 e. The third kappa shape index (κ3) is 21.2. The van der Waals surface area contributed by atoms with Crippen molar-refractivity contribution in [3.05, 3.63) is 0 Å². The summed E-state index contributed by atoms with van der Waals surface area (Å²) in [5, 5.41) is 15.2. The van der Waals surface area contributed by atoms with Gasteiger partial charge in [-0.1, -0.05) is 64.2 Å². The lowest BCUT2D eigenvalue weighted by Crippen LogP contribution is -2.06. The van der Waals surface area contributed by atoms with Gasteiger partial charge in [-0.05, 0) is 25.7 Å². The zero-order valence-corrected chi connectivity index (χ0v) is 17.7. The van der Waals surface area contributed by atoms with E-state index < -0.39 is 0 Å². The van der Waals surface area contributed by atoms with E-state index in [0.717, 1.165) is 64.2 Å². The van der Waals surface area contributed by atoms with Crippen LogP contribution in [0.15, 0.2) is 0 Å². The van der Waals surface area contributed by atoms with Gasteiger partial charge in [0.2, 0.25) is 0 Å². The van der Waals surface area contributed by atoms with E-state index >= 15 is 0 Å². The number of esters is 2. The predicted molar refractivity (Wildman–Crippen MR) is 110 cm³/mol. The van der Waals surface area contributed by atoms with Gasteiger partial charge in [0.05, 0.1) is 26.4 Å². The molecular formula is C22H42O6. The zero-order chi connectivity index (χ0) is 20.7. The highest BCUT2D eigenvalue weighted by atomic mass is 16.5. The Hall–Kier alpha value is -1.14. The van der Waals surface area contributed by atoms with Gasteiger partial charge in [-0.2, -0.15) is 0 Å². The molecule has 6 heteroatoms. The van der Waals surface area contributed by atoms with Crippen molar-refractivity contribution in [2.45, 2.75) is 103 Å². The molecule has 0 aromatic heterocycles. The summed E-state index contributed by atoms with van der Waals surface area (Å²) in [4.78, 5) is 23.2. The van der Waals surface area contributed by atoms with Crippen molar-refractivity contribution >= 4 is 11.9 Å². The Balaban J connectivity index is 0.00000165. The second kappa shape index (κ2) is 22.2. The first-order valence-electron chi connectivity index (χ1n) is 11.2. The summed E-state index contributed by atoms with van der Waals surface area (Å²) >= 11 is 0. The number of aliphatic hydroxyl groups excluding tert-OH is 2. The van der Waals surface area contributed by atoms with Gasteiger partial charge in [-0.3, -0.25) is 9.59 Å². The Kier molecular flexibility index (Phi) is 21.3. The van der Waals surface area contributed by atoms with Crippen LogP contribution in [0, 0.1) is 0 Å². The molecule has 0 aliphatic carbocycles. The highest BCUT2D eigenvalue weighted by molar-refractivity contribution is 5.69. The highest BCUT2D eigenvalue weighted by Gasteiger charge is 2.04. The summed E-state index contributed by atoms with van der Waals surface area (Å²) in [6.07, 6.45) is 16.5. The molecule has 28 heavy (non-hydrogen) atoms. The van der Waals surface area contributed by atoms with Crippen LogP contribution in [-0.2, 0) is 19.1 Å². The Labute approximate surface area is 171 Å². The minimum absolute atomic E-state index is 0.0418. The van der Waals surface area contributed by atoms with E-state index in [2.05, 4.69) is 0 Å². The molecule has 0 bridgehead atoms. The van der Waals surface area contributed by atoms with Crippen molar-refractivity contribution in [2.75, 3.05) is 26.4 Å². The number of hydrogen-bond donors (Lipinski definition) is 2. The van der Waals surface area contributed by atoms with Crippen molar-refractivity contribution in [3.8, 4) is 0 Å². The van der Waals surface area contributed by atoms with Gasteiger partial charge in [0.25, 0.3) is 0 Å². The van der Waals surface area contributed by atoms with E-state index in [1.165, 1.54) is 25.7 Å². The van der Waals surface area contributed by atoms with E-state index in [4.69, 9.17) is 19.7 Å². The Morgan fingerprint density at radius 2 is 0.786 bits per heavy atom. The number of ether oxygens (including phenoxy) is 2. The topological polar surface area (TPSA) is 93.1 Å². The van der Waals surface area contributed by atoms with Crippen LogP contribution in [0.4, 0.5) is 0 Å². The lowest BCUT2D eigenvalue weighted by Gasteiger charge is -2.07. The maximum Gasteiger partial charge on any atom is 0.305 e. The van der Waals surface area contributed by atoms with Crippen LogP contribution in [0.25, 0.3) is 0 Å². The van der Waals surface area contributed by atoms with Gasteiger partial charge in [-0.25, -0.2) is 0 Å². The van der Waals surface area contributed by atoms with Gasteiger partial charge in [0.1, 0.15) is 0 Å². The van der Waals surface area contributed by atoms with Gasteiger partial charge in [-0.15, -0.1) is 0 Å². The van der Waals surface area contributed by atoms with E-state index in [-0.39, 0.29) is 25.2 Å². The van der Waals surface area contributed by atoms with E-state index in [1.54, 1.807) is 0 Å². The van der Waals surface area contributed by atoms with Crippen molar-refractivity contribution in [3.63, 3.8) is 0 Å². The molecule has 166 valence electrons. The van der Waals surface area contributed by atoms with Gasteiger partial charge < -0.3 is 19.7 Å². The van der Waals surface area contributed by atoms with Crippen LogP contribution < -0.4 is 0 Å².